The molecule has 0 saturated heterocycles. The molecule has 0 aromatic heterocycles. The molecule has 26 valence electrons. The summed E-state index contributed by atoms with van der Waals surface area (Å²) in [5.41, 5.74) is 4.78. The summed E-state index contributed by atoms with van der Waals surface area (Å²) >= 11 is 0. The molecule has 0 aliphatic carbocycles. The summed E-state index contributed by atoms with van der Waals surface area (Å²) in [6, 6.07) is 0. The van der Waals surface area contributed by atoms with Crippen molar-refractivity contribution in [2.75, 3.05) is 13.2 Å². The predicted molar refractivity (Wildman–Crippen MR) is 16.1 cm³/mol. The van der Waals surface area contributed by atoms with Gasteiger partial charge in [0.05, 0.1) is 6.61 Å². The predicted octanol–water partition coefficient (Wildman–Crippen LogP) is -1.06. The van der Waals surface area contributed by atoms with Crippen molar-refractivity contribution in [2.45, 2.75) is 0 Å². The fourth-order valence-corrected chi connectivity index (χ4v) is 0. The summed E-state index contributed by atoms with van der Waals surface area (Å²) in [6.07, 6.45) is 0. The molecule has 0 atom stereocenters. The fraction of sp³-hybridized carbons (Fsp3) is 1.00. The van der Waals surface area contributed by atoms with Gasteiger partial charge in [0.2, 0.25) is 0 Å². The maximum atomic E-state index is 7.75. The van der Waals surface area contributed by atoms with Crippen molar-refractivity contribution in [1.82, 2.24) is 0 Å². The summed E-state index contributed by atoms with van der Waals surface area (Å²) in [5.74, 6) is 0. The smallest absolute Gasteiger partial charge is 0.0553 e. The summed E-state index contributed by atoms with van der Waals surface area (Å²) in [7, 11) is 0. The summed E-state index contributed by atoms with van der Waals surface area (Å²) in [4.78, 5) is 0. The summed E-state index contributed by atoms with van der Waals surface area (Å²) in [5, 5.41) is 7.75. The lowest BCUT2D eigenvalue weighted by Gasteiger charge is -1.71. The first-order chi connectivity index (χ1) is 1.91. The van der Waals surface area contributed by atoms with Gasteiger partial charge in [0.25, 0.3) is 0 Å². The Balaban J connectivity index is 1.97. The van der Waals surface area contributed by atoms with Crippen LogP contribution in [0.3, 0.4) is 0 Å². The SMILES string of the molecule is NC[11CH2]O. The van der Waals surface area contributed by atoms with Gasteiger partial charge in [-0.15, -0.1) is 0 Å². The van der Waals surface area contributed by atoms with Crippen LogP contribution in [0.15, 0.2) is 0 Å². The average molecular weight is 60.1 g/mol. The Morgan fingerprint density at radius 2 is 2.00 bits per heavy atom. The molecule has 0 aliphatic rings. The van der Waals surface area contributed by atoms with Gasteiger partial charge >= 0.3 is 0 Å². The van der Waals surface area contributed by atoms with Crippen LogP contribution in [0, 0.1) is 0 Å². The van der Waals surface area contributed by atoms with Gasteiger partial charge in [0, 0.05) is 6.54 Å². The highest BCUT2D eigenvalue weighted by Gasteiger charge is 1.56. The van der Waals surface area contributed by atoms with Crippen molar-refractivity contribution in [3.05, 3.63) is 0 Å². The van der Waals surface area contributed by atoms with E-state index in [4.69, 9.17) is 10.8 Å². The average Bonchev–Trinajstić information content (AvgIpc) is 1.37. The zero-order chi connectivity index (χ0) is 3.41. The largest absolute Gasteiger partial charge is 0.395 e. The molecule has 0 amide bonds. The van der Waals surface area contributed by atoms with Crippen LogP contribution < -0.4 is 5.73 Å². The van der Waals surface area contributed by atoms with E-state index < -0.39 is 0 Å². The number of hydrogen-bond donors (Lipinski definition) is 2. The van der Waals surface area contributed by atoms with Crippen molar-refractivity contribution < 1.29 is 5.11 Å². The summed E-state index contributed by atoms with van der Waals surface area (Å²) < 4.78 is 0. The van der Waals surface area contributed by atoms with Crippen molar-refractivity contribution in [3.63, 3.8) is 0 Å². The summed E-state index contributed by atoms with van der Waals surface area (Å²) in [6.45, 7) is 0.472. The zero-order valence-corrected chi connectivity index (χ0v) is 2.44. The van der Waals surface area contributed by atoms with Crippen LogP contribution in [-0.4, -0.2) is 18.3 Å². The van der Waals surface area contributed by atoms with Crippen LogP contribution in [0.1, 0.15) is 0 Å². The molecule has 2 nitrogen and oxygen atoms in total. The second-order valence-electron chi connectivity index (χ2n) is 0.512. The quantitative estimate of drug-likeness (QED) is 0.405. The van der Waals surface area contributed by atoms with Gasteiger partial charge in [-0.1, -0.05) is 0 Å². The Hall–Kier alpha value is -0.0800. The van der Waals surface area contributed by atoms with Crippen LogP contribution in [0.2, 0.25) is 0 Å². The highest BCUT2D eigenvalue weighted by atomic mass is 16.2. The van der Waals surface area contributed by atoms with Crippen LogP contribution in [0.4, 0.5) is 0 Å². The molecule has 0 saturated carbocycles. The third-order valence-corrected chi connectivity index (χ3v) is 0.129. The molecule has 2 heteroatoms. The number of hydrogen-bond acceptors (Lipinski definition) is 2. The minimum atomic E-state index is 0.0972. The lowest BCUT2D eigenvalue weighted by atomic mass is 10.2. The molecule has 3 N–H and O–H groups in total. The van der Waals surface area contributed by atoms with Crippen molar-refractivity contribution in [3.8, 4) is 0 Å². The van der Waals surface area contributed by atoms with Gasteiger partial charge in [-0.2, -0.15) is 0 Å². The van der Waals surface area contributed by atoms with Gasteiger partial charge < -0.3 is 10.8 Å². The number of aliphatic hydroxyl groups is 1. The van der Waals surface area contributed by atoms with E-state index in [1.807, 2.05) is 0 Å². The number of rotatable bonds is 1. The van der Waals surface area contributed by atoms with E-state index in [1.54, 1.807) is 0 Å². The van der Waals surface area contributed by atoms with Crippen molar-refractivity contribution >= 4 is 0 Å². The first kappa shape index (κ1) is 3.92. The Kier molecular flexibility index (Phi) is 2.86. The molecule has 0 fully saturated rings. The Morgan fingerprint density at radius 1 is 1.75 bits per heavy atom. The molecule has 0 bridgehead atoms. The van der Waals surface area contributed by atoms with Gasteiger partial charge in [0.15, 0.2) is 0 Å². The third-order valence-electron chi connectivity index (χ3n) is 0.129. The lowest BCUT2D eigenvalue weighted by Crippen LogP contribution is -2.02. The second-order valence-corrected chi connectivity index (χ2v) is 0.512. The van der Waals surface area contributed by atoms with Gasteiger partial charge in [0.1, 0.15) is 0 Å². The monoisotopic (exact) mass is 60.1 g/mol. The second kappa shape index (κ2) is 2.92. The minimum absolute atomic E-state index is 0.0972. The van der Waals surface area contributed by atoms with E-state index in [2.05, 4.69) is 0 Å². The number of nitrogens with two attached hydrogens (primary N) is 1. The number of aliphatic hydroxyl groups excluding tert-OH is 1. The molecule has 0 unspecified atom stereocenters. The van der Waals surface area contributed by atoms with Crippen LogP contribution in [-0.2, 0) is 0 Å². The Bertz CT molecular complexity index is 8.00. The maximum absolute atomic E-state index is 7.75. The van der Waals surface area contributed by atoms with Crippen LogP contribution in [0.5, 0.6) is 0 Å². The molecular weight excluding hydrogens is 53.0 g/mol. The molecular formula is C2H7NO. The molecule has 0 aromatic rings. The third kappa shape index (κ3) is 1.92. The molecule has 0 heterocycles. The highest BCUT2D eigenvalue weighted by molar-refractivity contribution is 4.17. The fourth-order valence-electron chi connectivity index (χ4n) is 0. The van der Waals surface area contributed by atoms with Crippen molar-refractivity contribution in [2.24, 2.45) is 5.73 Å². The lowest BCUT2D eigenvalue weighted by molar-refractivity contribution is 0.306. The highest BCUT2D eigenvalue weighted by Crippen LogP contribution is 1.33. The molecule has 0 aliphatic heterocycles. The van der Waals surface area contributed by atoms with E-state index in [0.29, 0.717) is 6.54 Å². The topological polar surface area (TPSA) is 46.2 Å². The van der Waals surface area contributed by atoms with Gasteiger partial charge in [-0.3, -0.25) is 0 Å². The first-order valence-electron chi connectivity index (χ1n) is 1.22. The van der Waals surface area contributed by atoms with E-state index in [9.17, 15) is 0 Å². The minimum Gasteiger partial charge on any atom is -0.395 e. The Labute approximate surface area is 25.2 Å². The molecule has 4 heavy (non-hydrogen) atoms. The Morgan fingerprint density at radius 3 is 2.00 bits per heavy atom. The molecule has 0 rings (SSSR count). The van der Waals surface area contributed by atoms with Crippen LogP contribution >= 0.6 is 0 Å². The van der Waals surface area contributed by atoms with E-state index in [1.165, 1.54) is 0 Å². The maximum Gasteiger partial charge on any atom is 0.0553 e. The van der Waals surface area contributed by atoms with E-state index in [0.717, 1.165) is 0 Å². The molecule has 0 radical (unpaired) electrons. The molecule has 0 aromatic carbocycles. The molecule has 0 spiro atoms. The van der Waals surface area contributed by atoms with Crippen LogP contribution in [0.25, 0.3) is 0 Å². The standard InChI is InChI=1S/C2H7NO/c3-1-2-4/h4H,1-3H2/i2-1. The van der Waals surface area contributed by atoms with E-state index in [-0.39, 0.29) is 6.61 Å². The van der Waals surface area contributed by atoms with Gasteiger partial charge in [-0.25, -0.2) is 0 Å². The normalized spacial score (nSPS) is 7.50. The van der Waals surface area contributed by atoms with Gasteiger partial charge in [-0.05, 0) is 0 Å². The van der Waals surface area contributed by atoms with E-state index >= 15 is 0 Å². The van der Waals surface area contributed by atoms with Crippen molar-refractivity contribution in [1.29, 1.82) is 0 Å². The first-order valence-corrected chi connectivity index (χ1v) is 1.22. The zero-order valence-electron chi connectivity index (χ0n) is 2.44.